The highest BCUT2D eigenvalue weighted by Gasteiger charge is 2.45. The van der Waals surface area contributed by atoms with Gasteiger partial charge in [-0.1, -0.05) is 74.5 Å². The van der Waals surface area contributed by atoms with Crippen molar-refractivity contribution in [1.82, 2.24) is 15.5 Å². The summed E-state index contributed by atoms with van der Waals surface area (Å²) in [5.41, 5.74) is 3.68. The number of amides is 1. The first kappa shape index (κ1) is 31.1. The summed E-state index contributed by atoms with van der Waals surface area (Å²) < 4.78 is 39.6. The van der Waals surface area contributed by atoms with Crippen LogP contribution in [0.15, 0.2) is 73.0 Å². The van der Waals surface area contributed by atoms with Gasteiger partial charge in [0.15, 0.2) is 0 Å². The number of carbonyl (C=O) groups is 1. The Balaban J connectivity index is 1.68. The van der Waals surface area contributed by atoms with Crippen LogP contribution >= 0.6 is 0 Å². The Hall–Kier alpha value is -3.39. The maximum Gasteiger partial charge on any atom is 0.405 e. The summed E-state index contributed by atoms with van der Waals surface area (Å²) in [6.07, 6.45) is 2.92. The van der Waals surface area contributed by atoms with Crippen molar-refractivity contribution in [2.75, 3.05) is 32.7 Å². The first-order valence-corrected chi connectivity index (χ1v) is 14.0. The number of carbonyl (C=O) groups excluding carboxylic acids is 1. The summed E-state index contributed by atoms with van der Waals surface area (Å²) in [6.45, 7) is 10.1. The van der Waals surface area contributed by atoms with Crippen LogP contribution in [0, 0.1) is 5.41 Å². The van der Waals surface area contributed by atoms with Crippen LogP contribution in [0.3, 0.4) is 0 Å². The van der Waals surface area contributed by atoms with Gasteiger partial charge in [0.05, 0.1) is 5.41 Å². The molecule has 5 nitrogen and oxygen atoms in total. The van der Waals surface area contributed by atoms with Crippen LogP contribution in [0.4, 0.5) is 13.2 Å². The number of hydrogen-bond acceptors (Lipinski definition) is 4. The van der Waals surface area contributed by atoms with Gasteiger partial charge in [-0.05, 0) is 80.6 Å². The molecule has 0 aromatic heterocycles. The molecule has 3 rings (SSSR count). The van der Waals surface area contributed by atoms with Gasteiger partial charge in [-0.3, -0.25) is 10.2 Å². The number of unbranched alkanes of at least 4 members (excludes halogenated alkanes) is 1. The third-order valence-corrected chi connectivity index (χ3v) is 7.41. The molecule has 3 N–H and O–H groups in total. The molecule has 0 bridgehead atoms. The average molecular weight is 555 g/mol. The number of hydrogen-bond donors (Lipinski definition) is 3. The molecule has 0 heterocycles. The first-order chi connectivity index (χ1) is 19.1. The van der Waals surface area contributed by atoms with Gasteiger partial charge in [-0.25, -0.2) is 0 Å². The lowest BCUT2D eigenvalue weighted by molar-refractivity contribution is -0.123. The van der Waals surface area contributed by atoms with E-state index in [1.807, 2.05) is 48.5 Å². The number of halogens is 3. The van der Waals surface area contributed by atoms with Gasteiger partial charge in [-0.2, -0.15) is 13.2 Å². The Morgan fingerprint density at radius 2 is 1.57 bits per heavy atom. The summed E-state index contributed by atoms with van der Waals surface area (Å²) in [6, 6.07) is 15.9. The van der Waals surface area contributed by atoms with E-state index in [0.29, 0.717) is 18.7 Å². The van der Waals surface area contributed by atoms with E-state index in [0.717, 1.165) is 67.6 Å². The number of alkyl halides is 3. The van der Waals surface area contributed by atoms with E-state index in [4.69, 9.17) is 5.41 Å². The molecule has 1 aliphatic rings. The second kappa shape index (κ2) is 14.3. The van der Waals surface area contributed by atoms with E-state index >= 15 is 0 Å². The van der Waals surface area contributed by atoms with Crippen molar-refractivity contribution in [3.05, 3.63) is 84.1 Å². The minimum atomic E-state index is -4.34. The lowest BCUT2D eigenvalue weighted by Crippen LogP contribution is -2.39. The topological polar surface area (TPSA) is 68.2 Å². The lowest BCUT2D eigenvalue weighted by Gasteiger charge is -2.35. The zero-order valence-electron chi connectivity index (χ0n) is 23.5. The molecule has 0 unspecified atom stereocenters. The highest BCUT2D eigenvalue weighted by molar-refractivity contribution is 6.42. The van der Waals surface area contributed by atoms with Crippen LogP contribution < -0.4 is 10.6 Å². The Morgan fingerprint density at radius 3 is 2.15 bits per heavy atom. The molecular formula is C32H41F3N4O. The van der Waals surface area contributed by atoms with Crippen molar-refractivity contribution < 1.29 is 18.0 Å². The van der Waals surface area contributed by atoms with Crippen molar-refractivity contribution in [2.24, 2.45) is 0 Å². The second-order valence-corrected chi connectivity index (χ2v) is 10.3. The molecule has 216 valence electrons. The molecule has 0 radical (unpaired) electrons. The van der Waals surface area contributed by atoms with Crippen molar-refractivity contribution in [3.63, 3.8) is 0 Å². The maximum atomic E-state index is 13.2. The van der Waals surface area contributed by atoms with E-state index in [1.54, 1.807) is 13.0 Å². The predicted octanol–water partition coefficient (Wildman–Crippen LogP) is 6.60. The van der Waals surface area contributed by atoms with E-state index in [1.165, 1.54) is 6.08 Å². The van der Waals surface area contributed by atoms with E-state index < -0.39 is 18.1 Å². The SMILES string of the molecule is C=C(NCC(F)(F)F)C1(CCCCN(CCC)CCCNC(=O)C(=N)/C=C/C)c2ccccc2-c2ccccc21. The normalized spacial score (nSPS) is 13.8. The Kier molecular flexibility index (Phi) is 11.1. The molecular weight excluding hydrogens is 513 g/mol. The van der Waals surface area contributed by atoms with Gasteiger partial charge in [0, 0.05) is 12.2 Å². The van der Waals surface area contributed by atoms with Gasteiger partial charge < -0.3 is 15.5 Å². The molecule has 0 saturated heterocycles. The van der Waals surface area contributed by atoms with Crippen molar-refractivity contribution in [3.8, 4) is 11.1 Å². The van der Waals surface area contributed by atoms with E-state index in [2.05, 4.69) is 29.0 Å². The zero-order chi connectivity index (χ0) is 29.2. The highest BCUT2D eigenvalue weighted by atomic mass is 19.4. The van der Waals surface area contributed by atoms with Gasteiger partial charge >= 0.3 is 6.18 Å². The number of nitrogens with one attached hydrogen (secondary N) is 3. The fourth-order valence-electron chi connectivity index (χ4n) is 5.65. The van der Waals surface area contributed by atoms with Crippen LogP contribution in [0.5, 0.6) is 0 Å². The summed E-state index contributed by atoms with van der Waals surface area (Å²) in [5, 5.41) is 13.1. The molecule has 8 heteroatoms. The first-order valence-electron chi connectivity index (χ1n) is 14.0. The third kappa shape index (κ3) is 7.62. The summed E-state index contributed by atoms with van der Waals surface area (Å²) >= 11 is 0. The number of fused-ring (bicyclic) bond motifs is 3. The van der Waals surface area contributed by atoms with Crippen molar-refractivity contribution in [1.29, 1.82) is 5.41 Å². The maximum absolute atomic E-state index is 13.2. The average Bonchev–Trinajstić information content (AvgIpc) is 3.22. The Labute approximate surface area is 236 Å². The largest absolute Gasteiger partial charge is 0.405 e. The minimum Gasteiger partial charge on any atom is -0.379 e. The molecule has 40 heavy (non-hydrogen) atoms. The Bertz CT molecular complexity index is 1160. The standard InChI is InChI=1S/C32H41F3N4O/c1-4-13-29(36)30(40)37-19-12-22-39(20-5-2)21-11-10-18-31(24(3)38-23-32(33,34)35)27-16-8-6-14-25(27)26-15-7-9-17-28(26)31/h4,6-9,13-17,36,38H,3,5,10-12,18-23H2,1-2H3,(H,37,40)/b13-4+,36-29?. The number of allylic oxidation sites excluding steroid dienone is 2. The number of rotatable bonds is 16. The summed E-state index contributed by atoms with van der Waals surface area (Å²) in [7, 11) is 0. The van der Waals surface area contributed by atoms with Crippen LogP contribution in [-0.4, -0.2) is 55.4 Å². The molecule has 1 aliphatic carbocycles. The molecule has 0 aliphatic heterocycles. The highest BCUT2D eigenvalue weighted by Crippen LogP contribution is 2.54. The molecule has 2 aromatic carbocycles. The van der Waals surface area contributed by atoms with Crippen LogP contribution in [0.2, 0.25) is 0 Å². The molecule has 0 spiro atoms. The van der Waals surface area contributed by atoms with Crippen molar-refractivity contribution >= 4 is 11.6 Å². The zero-order valence-corrected chi connectivity index (χ0v) is 23.5. The van der Waals surface area contributed by atoms with Crippen molar-refractivity contribution in [2.45, 2.75) is 57.5 Å². The predicted molar refractivity (Wildman–Crippen MR) is 157 cm³/mol. The monoisotopic (exact) mass is 554 g/mol. The van der Waals surface area contributed by atoms with Gasteiger partial charge in [0.1, 0.15) is 12.3 Å². The molecule has 2 aromatic rings. The van der Waals surface area contributed by atoms with Crippen LogP contribution in [0.25, 0.3) is 11.1 Å². The quantitative estimate of drug-likeness (QED) is 0.162. The fraction of sp³-hybridized carbons (Fsp3) is 0.438. The summed E-state index contributed by atoms with van der Waals surface area (Å²) in [5.74, 6) is -0.373. The lowest BCUT2D eigenvalue weighted by atomic mass is 9.72. The minimum absolute atomic E-state index is 0.0526. The number of benzene rings is 2. The third-order valence-electron chi connectivity index (χ3n) is 7.41. The Morgan fingerprint density at radius 1 is 0.975 bits per heavy atom. The smallest absolute Gasteiger partial charge is 0.379 e. The van der Waals surface area contributed by atoms with Crippen LogP contribution in [0.1, 0.15) is 57.1 Å². The fourth-order valence-corrected chi connectivity index (χ4v) is 5.65. The van der Waals surface area contributed by atoms with E-state index in [-0.39, 0.29) is 11.6 Å². The molecule has 0 fully saturated rings. The molecule has 0 atom stereocenters. The van der Waals surface area contributed by atoms with Crippen LogP contribution in [-0.2, 0) is 10.2 Å². The molecule has 0 saturated carbocycles. The molecule has 1 amide bonds. The second-order valence-electron chi connectivity index (χ2n) is 10.3. The summed E-state index contributed by atoms with van der Waals surface area (Å²) in [4.78, 5) is 14.3. The van der Waals surface area contributed by atoms with Gasteiger partial charge in [0.25, 0.3) is 5.91 Å². The van der Waals surface area contributed by atoms with Gasteiger partial charge in [-0.15, -0.1) is 0 Å². The van der Waals surface area contributed by atoms with E-state index in [9.17, 15) is 18.0 Å². The van der Waals surface area contributed by atoms with Gasteiger partial charge in [0.2, 0.25) is 0 Å². The number of nitrogens with zero attached hydrogens (tertiary/aromatic N) is 1.